The molecule has 2 amide bonds. The van der Waals surface area contributed by atoms with E-state index in [0.29, 0.717) is 18.4 Å². The molecule has 3 aliphatic heterocycles. The molecule has 4 rings (SSSR count). The van der Waals surface area contributed by atoms with Crippen LogP contribution in [0.5, 0.6) is 0 Å². The Hall–Kier alpha value is -1.59. The van der Waals surface area contributed by atoms with E-state index in [2.05, 4.69) is 5.32 Å². The van der Waals surface area contributed by atoms with Crippen LogP contribution in [0.15, 0.2) is 30.3 Å². The minimum Gasteiger partial charge on any atom is -0.341 e. The van der Waals surface area contributed by atoms with E-state index in [4.69, 9.17) is 0 Å². The van der Waals surface area contributed by atoms with Gasteiger partial charge in [-0.25, -0.2) is 0 Å². The Balaban J connectivity index is 0.00000210. The Morgan fingerprint density at radius 1 is 1.07 bits per heavy atom. The summed E-state index contributed by atoms with van der Waals surface area (Å²) in [4.78, 5) is 29.7. The first-order chi connectivity index (χ1) is 12.7. The standard InChI is InChI=1S/C21H29N3O2.ClH/c25-19(15-17-5-2-1-3-6-17)24-12-4-7-18(24)20(26)23-13-9-21(10-14-23)8-11-22-16-21;/h1-3,5-6,18,22H,4,7-16H2;1H. The van der Waals surface area contributed by atoms with Crippen molar-refractivity contribution in [3.63, 3.8) is 0 Å². The van der Waals surface area contributed by atoms with Crippen LogP contribution in [-0.2, 0) is 16.0 Å². The van der Waals surface area contributed by atoms with Gasteiger partial charge in [0, 0.05) is 26.2 Å². The monoisotopic (exact) mass is 391 g/mol. The predicted molar refractivity (Wildman–Crippen MR) is 108 cm³/mol. The van der Waals surface area contributed by atoms with Crippen molar-refractivity contribution in [1.82, 2.24) is 15.1 Å². The maximum Gasteiger partial charge on any atom is 0.245 e. The fourth-order valence-corrected chi connectivity index (χ4v) is 4.83. The van der Waals surface area contributed by atoms with Gasteiger partial charge in [0.05, 0.1) is 6.42 Å². The van der Waals surface area contributed by atoms with Gasteiger partial charge in [-0.1, -0.05) is 30.3 Å². The van der Waals surface area contributed by atoms with Crippen LogP contribution in [0.2, 0.25) is 0 Å². The van der Waals surface area contributed by atoms with Crippen LogP contribution >= 0.6 is 12.4 Å². The molecule has 5 nitrogen and oxygen atoms in total. The second kappa shape index (κ2) is 8.61. The molecule has 3 fully saturated rings. The van der Waals surface area contributed by atoms with Crippen LogP contribution in [0.1, 0.15) is 37.7 Å². The topological polar surface area (TPSA) is 52.7 Å². The van der Waals surface area contributed by atoms with Gasteiger partial charge in [0.15, 0.2) is 0 Å². The maximum absolute atomic E-state index is 13.1. The van der Waals surface area contributed by atoms with Crippen molar-refractivity contribution in [3.05, 3.63) is 35.9 Å². The third kappa shape index (κ3) is 4.30. The maximum atomic E-state index is 13.1. The van der Waals surface area contributed by atoms with Crippen LogP contribution in [0, 0.1) is 5.41 Å². The second-order valence-electron chi connectivity index (χ2n) is 8.16. The van der Waals surface area contributed by atoms with E-state index < -0.39 is 0 Å². The lowest BCUT2D eigenvalue weighted by molar-refractivity contribution is -0.145. The zero-order chi connectivity index (χ0) is 18.0. The Kier molecular flexibility index (Phi) is 6.43. The van der Waals surface area contributed by atoms with Gasteiger partial charge in [-0.15, -0.1) is 12.4 Å². The molecule has 3 heterocycles. The molecule has 1 spiro atoms. The van der Waals surface area contributed by atoms with Gasteiger partial charge in [0.25, 0.3) is 0 Å². The molecule has 0 saturated carbocycles. The lowest BCUT2D eigenvalue weighted by Crippen LogP contribution is -2.52. The number of amides is 2. The number of carbonyl (C=O) groups excluding carboxylic acids is 2. The zero-order valence-corrected chi connectivity index (χ0v) is 16.7. The second-order valence-corrected chi connectivity index (χ2v) is 8.16. The number of hydrogen-bond acceptors (Lipinski definition) is 3. The molecule has 1 aromatic rings. The average molecular weight is 392 g/mol. The number of likely N-dealkylation sites (tertiary alicyclic amines) is 2. The molecule has 1 aromatic carbocycles. The molecule has 6 heteroatoms. The first-order valence-corrected chi connectivity index (χ1v) is 10.00. The van der Waals surface area contributed by atoms with E-state index in [0.717, 1.165) is 57.4 Å². The highest BCUT2D eigenvalue weighted by atomic mass is 35.5. The number of rotatable bonds is 3. The fourth-order valence-electron chi connectivity index (χ4n) is 4.83. The van der Waals surface area contributed by atoms with Gasteiger partial charge in [-0.3, -0.25) is 9.59 Å². The van der Waals surface area contributed by atoms with Crippen LogP contribution in [0.4, 0.5) is 0 Å². The van der Waals surface area contributed by atoms with E-state index in [1.807, 2.05) is 40.1 Å². The summed E-state index contributed by atoms with van der Waals surface area (Å²) >= 11 is 0. The van der Waals surface area contributed by atoms with E-state index in [-0.39, 0.29) is 30.3 Å². The molecule has 1 N–H and O–H groups in total. The fraction of sp³-hybridized carbons (Fsp3) is 0.619. The Morgan fingerprint density at radius 3 is 2.48 bits per heavy atom. The quantitative estimate of drug-likeness (QED) is 0.859. The van der Waals surface area contributed by atoms with Crippen LogP contribution in [0.3, 0.4) is 0 Å². The van der Waals surface area contributed by atoms with E-state index in [9.17, 15) is 9.59 Å². The van der Waals surface area contributed by atoms with Crippen LogP contribution < -0.4 is 5.32 Å². The number of benzene rings is 1. The van der Waals surface area contributed by atoms with Gasteiger partial charge < -0.3 is 15.1 Å². The molecule has 1 atom stereocenters. The summed E-state index contributed by atoms with van der Waals surface area (Å²) in [6, 6.07) is 9.57. The number of piperidine rings is 1. The molecule has 0 radical (unpaired) electrons. The van der Waals surface area contributed by atoms with Gasteiger partial charge >= 0.3 is 0 Å². The third-order valence-corrected chi connectivity index (χ3v) is 6.52. The molecule has 148 valence electrons. The molecular formula is C21H30ClN3O2. The zero-order valence-electron chi connectivity index (χ0n) is 15.9. The van der Waals surface area contributed by atoms with Crippen molar-refractivity contribution in [1.29, 1.82) is 0 Å². The minimum atomic E-state index is -0.248. The largest absolute Gasteiger partial charge is 0.341 e. The summed E-state index contributed by atoms with van der Waals surface area (Å²) in [7, 11) is 0. The Bertz CT molecular complexity index is 651. The lowest BCUT2D eigenvalue weighted by atomic mass is 9.77. The number of nitrogens with one attached hydrogen (secondary N) is 1. The molecule has 0 aromatic heterocycles. The van der Waals surface area contributed by atoms with Crippen molar-refractivity contribution in [2.24, 2.45) is 5.41 Å². The lowest BCUT2D eigenvalue weighted by Gasteiger charge is -2.40. The number of halogens is 1. The average Bonchev–Trinajstić information content (AvgIpc) is 3.33. The normalized spacial score (nSPS) is 24.1. The smallest absolute Gasteiger partial charge is 0.245 e. The Morgan fingerprint density at radius 2 is 1.81 bits per heavy atom. The number of carbonyl (C=O) groups is 2. The van der Waals surface area contributed by atoms with E-state index >= 15 is 0 Å². The van der Waals surface area contributed by atoms with Crippen LogP contribution in [-0.4, -0.2) is 60.4 Å². The molecular weight excluding hydrogens is 362 g/mol. The molecule has 3 aliphatic rings. The first-order valence-electron chi connectivity index (χ1n) is 10.00. The summed E-state index contributed by atoms with van der Waals surface area (Å²) in [5.41, 5.74) is 1.43. The summed E-state index contributed by atoms with van der Waals surface area (Å²) in [6.07, 6.45) is 5.55. The van der Waals surface area contributed by atoms with Gasteiger partial charge in [-0.05, 0) is 49.6 Å². The highest BCUT2D eigenvalue weighted by molar-refractivity contribution is 5.89. The van der Waals surface area contributed by atoms with Crippen LogP contribution in [0.25, 0.3) is 0 Å². The summed E-state index contributed by atoms with van der Waals surface area (Å²) in [5, 5.41) is 3.47. The van der Waals surface area contributed by atoms with Crippen molar-refractivity contribution in [2.45, 2.75) is 44.6 Å². The first kappa shape index (κ1) is 20.2. The predicted octanol–water partition coefficient (Wildman–Crippen LogP) is 2.24. The highest BCUT2D eigenvalue weighted by Gasteiger charge is 2.41. The van der Waals surface area contributed by atoms with E-state index in [1.165, 1.54) is 6.42 Å². The van der Waals surface area contributed by atoms with Crippen molar-refractivity contribution in [2.75, 3.05) is 32.7 Å². The molecule has 3 saturated heterocycles. The minimum absolute atomic E-state index is 0. The third-order valence-electron chi connectivity index (χ3n) is 6.52. The van der Waals surface area contributed by atoms with Crippen molar-refractivity contribution in [3.8, 4) is 0 Å². The highest BCUT2D eigenvalue weighted by Crippen LogP contribution is 2.37. The SMILES string of the molecule is Cl.O=C(C1CCCN1C(=O)Cc1ccccc1)N1CCC2(CCNC2)CC1. The van der Waals surface area contributed by atoms with Crippen molar-refractivity contribution < 1.29 is 9.59 Å². The van der Waals surface area contributed by atoms with Gasteiger partial charge in [-0.2, -0.15) is 0 Å². The summed E-state index contributed by atoms with van der Waals surface area (Å²) in [5.74, 6) is 0.255. The Labute approximate surface area is 167 Å². The summed E-state index contributed by atoms with van der Waals surface area (Å²) in [6.45, 7) is 4.61. The van der Waals surface area contributed by atoms with E-state index in [1.54, 1.807) is 0 Å². The molecule has 0 bridgehead atoms. The summed E-state index contributed by atoms with van der Waals surface area (Å²) < 4.78 is 0. The molecule has 1 unspecified atom stereocenters. The van der Waals surface area contributed by atoms with Crippen molar-refractivity contribution >= 4 is 24.2 Å². The number of hydrogen-bond donors (Lipinski definition) is 1. The molecule has 0 aliphatic carbocycles. The van der Waals surface area contributed by atoms with Gasteiger partial charge in [0.2, 0.25) is 11.8 Å². The van der Waals surface area contributed by atoms with Gasteiger partial charge in [0.1, 0.15) is 6.04 Å². The number of nitrogens with zero attached hydrogens (tertiary/aromatic N) is 2. The molecule has 27 heavy (non-hydrogen) atoms.